The van der Waals surface area contributed by atoms with E-state index in [2.05, 4.69) is 5.32 Å². The molecule has 0 unspecified atom stereocenters. The van der Waals surface area contributed by atoms with Crippen molar-refractivity contribution in [2.75, 3.05) is 11.9 Å². The minimum atomic E-state index is -0.307. The molecule has 0 saturated carbocycles. The Labute approximate surface area is 191 Å². The first kappa shape index (κ1) is 21.6. The van der Waals surface area contributed by atoms with Crippen LogP contribution in [-0.2, 0) is 6.61 Å². The van der Waals surface area contributed by atoms with E-state index in [4.69, 9.17) is 13.9 Å². The van der Waals surface area contributed by atoms with E-state index in [1.165, 1.54) is 0 Å². The molecule has 5 nitrogen and oxygen atoms in total. The zero-order chi connectivity index (χ0) is 22.2. The quantitative estimate of drug-likeness (QED) is 0.312. The van der Waals surface area contributed by atoms with Gasteiger partial charge >= 0.3 is 0 Å². The van der Waals surface area contributed by atoms with E-state index in [0.717, 1.165) is 21.2 Å². The van der Waals surface area contributed by atoms with Crippen LogP contribution in [0.3, 0.4) is 0 Å². The highest BCUT2D eigenvalue weighted by Crippen LogP contribution is 2.33. The Morgan fingerprint density at radius 1 is 0.844 bits per heavy atom. The summed E-state index contributed by atoms with van der Waals surface area (Å²) in [7, 11) is 0. The van der Waals surface area contributed by atoms with E-state index in [1.807, 2.05) is 85.8 Å². The molecule has 0 fully saturated rings. The Morgan fingerprint density at radius 2 is 1.53 bits per heavy atom. The molecule has 1 amide bonds. The fourth-order valence-electron chi connectivity index (χ4n) is 2.99. The molecule has 0 aliphatic carbocycles. The highest BCUT2D eigenvalue weighted by atomic mass is 32.2. The molecule has 0 aliphatic heterocycles. The average molecular weight is 446 g/mol. The first-order chi connectivity index (χ1) is 15.7. The lowest BCUT2D eigenvalue weighted by Gasteiger charge is -2.10. The summed E-state index contributed by atoms with van der Waals surface area (Å²) >= 11 is 1.59. The third kappa shape index (κ3) is 5.74. The number of carbonyl (C=O) groups excluding carboxylic acids is 1. The third-order valence-corrected chi connectivity index (χ3v) is 5.59. The van der Waals surface area contributed by atoms with Crippen LogP contribution < -0.4 is 14.8 Å². The number of furan rings is 1. The fraction of sp³-hybridized carbons (Fsp3) is 0.115. The van der Waals surface area contributed by atoms with Gasteiger partial charge in [-0.05, 0) is 67.6 Å². The highest BCUT2D eigenvalue weighted by molar-refractivity contribution is 7.99. The van der Waals surface area contributed by atoms with Crippen LogP contribution in [-0.4, -0.2) is 12.5 Å². The van der Waals surface area contributed by atoms with Gasteiger partial charge in [0.25, 0.3) is 5.91 Å². The number of benzene rings is 3. The molecule has 1 aromatic heterocycles. The smallest absolute Gasteiger partial charge is 0.291 e. The lowest BCUT2D eigenvalue weighted by Crippen LogP contribution is -2.11. The summed E-state index contributed by atoms with van der Waals surface area (Å²) in [6.45, 7) is 2.78. The Hall–Kier alpha value is -3.64. The van der Waals surface area contributed by atoms with Gasteiger partial charge in [0, 0.05) is 9.79 Å². The lowest BCUT2D eigenvalue weighted by molar-refractivity contribution is 0.0992. The van der Waals surface area contributed by atoms with Crippen molar-refractivity contribution in [3.8, 4) is 11.5 Å². The third-order valence-electron chi connectivity index (χ3n) is 4.51. The van der Waals surface area contributed by atoms with Gasteiger partial charge in [0.15, 0.2) is 5.76 Å². The minimum absolute atomic E-state index is 0.224. The SMILES string of the molecule is CCOc1ccc(OCc2ccc(C(=O)Nc3ccccc3Sc3ccccc3)o2)cc1. The van der Waals surface area contributed by atoms with E-state index in [-0.39, 0.29) is 18.3 Å². The van der Waals surface area contributed by atoms with Gasteiger partial charge < -0.3 is 19.2 Å². The van der Waals surface area contributed by atoms with Crippen molar-refractivity contribution in [2.24, 2.45) is 0 Å². The van der Waals surface area contributed by atoms with Crippen LogP contribution in [0.25, 0.3) is 0 Å². The van der Waals surface area contributed by atoms with Gasteiger partial charge in [-0.15, -0.1) is 0 Å². The predicted octanol–water partition coefficient (Wildman–Crippen LogP) is 6.66. The monoisotopic (exact) mass is 445 g/mol. The van der Waals surface area contributed by atoms with E-state index in [1.54, 1.807) is 23.9 Å². The number of rotatable bonds is 9. The van der Waals surface area contributed by atoms with Gasteiger partial charge in [-0.25, -0.2) is 0 Å². The minimum Gasteiger partial charge on any atom is -0.494 e. The normalized spacial score (nSPS) is 10.5. The first-order valence-electron chi connectivity index (χ1n) is 10.3. The van der Waals surface area contributed by atoms with Gasteiger partial charge in [-0.2, -0.15) is 0 Å². The molecule has 0 aliphatic rings. The molecule has 0 atom stereocenters. The van der Waals surface area contributed by atoms with Crippen molar-refractivity contribution in [2.45, 2.75) is 23.3 Å². The zero-order valence-corrected chi connectivity index (χ0v) is 18.4. The van der Waals surface area contributed by atoms with Crippen LogP contribution in [0, 0.1) is 0 Å². The molecule has 0 bridgehead atoms. The molecule has 0 spiro atoms. The maximum Gasteiger partial charge on any atom is 0.291 e. The maximum absolute atomic E-state index is 12.7. The number of ether oxygens (including phenoxy) is 2. The molecule has 3 aromatic carbocycles. The van der Waals surface area contributed by atoms with E-state index in [0.29, 0.717) is 18.1 Å². The largest absolute Gasteiger partial charge is 0.494 e. The second kappa shape index (κ2) is 10.6. The van der Waals surface area contributed by atoms with Crippen LogP contribution in [0.15, 0.2) is 105 Å². The van der Waals surface area contributed by atoms with Crippen molar-refractivity contribution >= 4 is 23.4 Å². The maximum atomic E-state index is 12.7. The standard InChI is InChI=1S/C26H23NO4S/c1-2-29-19-12-14-20(15-13-19)30-18-21-16-17-24(31-21)26(28)27-23-10-6-7-11-25(23)32-22-8-4-3-5-9-22/h3-17H,2,18H2,1H3,(H,27,28). The Kier molecular flexibility index (Phi) is 7.15. The lowest BCUT2D eigenvalue weighted by atomic mass is 10.3. The van der Waals surface area contributed by atoms with Gasteiger partial charge in [0.05, 0.1) is 12.3 Å². The topological polar surface area (TPSA) is 60.7 Å². The molecular weight excluding hydrogens is 422 g/mol. The number of amides is 1. The number of hydrogen-bond donors (Lipinski definition) is 1. The second-order valence-electron chi connectivity index (χ2n) is 6.82. The van der Waals surface area contributed by atoms with Crippen molar-refractivity contribution in [1.29, 1.82) is 0 Å². The summed E-state index contributed by atoms with van der Waals surface area (Å²) in [4.78, 5) is 14.8. The summed E-state index contributed by atoms with van der Waals surface area (Å²) in [5, 5.41) is 2.94. The van der Waals surface area contributed by atoms with Crippen LogP contribution in [0.2, 0.25) is 0 Å². The zero-order valence-electron chi connectivity index (χ0n) is 17.6. The molecular formula is C26H23NO4S. The van der Waals surface area contributed by atoms with Crippen LogP contribution in [0.5, 0.6) is 11.5 Å². The summed E-state index contributed by atoms with van der Waals surface area (Å²) < 4.78 is 16.9. The molecule has 6 heteroatoms. The van der Waals surface area contributed by atoms with Gasteiger partial charge in [-0.3, -0.25) is 4.79 Å². The van der Waals surface area contributed by atoms with Crippen LogP contribution in [0.1, 0.15) is 23.2 Å². The van der Waals surface area contributed by atoms with E-state index >= 15 is 0 Å². The van der Waals surface area contributed by atoms with Crippen molar-refractivity contribution in [3.05, 3.63) is 103 Å². The number of nitrogens with one attached hydrogen (secondary N) is 1. The molecule has 32 heavy (non-hydrogen) atoms. The van der Waals surface area contributed by atoms with Crippen LogP contribution in [0.4, 0.5) is 5.69 Å². The first-order valence-corrected chi connectivity index (χ1v) is 11.1. The number of anilines is 1. The Bertz CT molecular complexity index is 1160. The van der Waals surface area contributed by atoms with Gasteiger partial charge in [0.1, 0.15) is 23.9 Å². The van der Waals surface area contributed by atoms with Crippen molar-refractivity contribution in [1.82, 2.24) is 0 Å². The number of para-hydroxylation sites is 1. The molecule has 0 radical (unpaired) electrons. The summed E-state index contributed by atoms with van der Waals surface area (Å²) in [6, 6.07) is 28.5. The van der Waals surface area contributed by atoms with Crippen LogP contribution >= 0.6 is 11.8 Å². The molecule has 4 aromatic rings. The molecule has 162 valence electrons. The average Bonchev–Trinajstić information content (AvgIpc) is 3.30. The van der Waals surface area contributed by atoms with Crippen molar-refractivity contribution in [3.63, 3.8) is 0 Å². The molecule has 4 rings (SSSR count). The molecule has 1 heterocycles. The molecule has 0 saturated heterocycles. The second-order valence-corrected chi connectivity index (χ2v) is 7.94. The summed E-state index contributed by atoms with van der Waals surface area (Å²) in [5.41, 5.74) is 0.731. The Balaban J connectivity index is 1.37. The summed E-state index contributed by atoms with van der Waals surface area (Å²) in [5.74, 6) is 1.98. The predicted molar refractivity (Wildman–Crippen MR) is 126 cm³/mol. The number of hydrogen-bond acceptors (Lipinski definition) is 5. The Morgan fingerprint density at radius 3 is 2.28 bits per heavy atom. The molecule has 1 N–H and O–H groups in total. The van der Waals surface area contributed by atoms with E-state index in [9.17, 15) is 4.79 Å². The van der Waals surface area contributed by atoms with Gasteiger partial charge in [0.2, 0.25) is 0 Å². The van der Waals surface area contributed by atoms with E-state index < -0.39 is 0 Å². The number of carbonyl (C=O) groups is 1. The fourth-order valence-corrected chi connectivity index (χ4v) is 3.91. The van der Waals surface area contributed by atoms with Crippen molar-refractivity contribution < 1.29 is 18.7 Å². The summed E-state index contributed by atoms with van der Waals surface area (Å²) in [6.07, 6.45) is 0. The van der Waals surface area contributed by atoms with Gasteiger partial charge in [-0.1, -0.05) is 42.1 Å². The highest BCUT2D eigenvalue weighted by Gasteiger charge is 2.14.